The number of hydrogen-bond acceptors (Lipinski definition) is 5. The summed E-state index contributed by atoms with van der Waals surface area (Å²) in [5.41, 5.74) is 0.932. The zero-order chi connectivity index (χ0) is 15.3. The van der Waals surface area contributed by atoms with Gasteiger partial charge in [-0.3, -0.25) is 9.88 Å². The van der Waals surface area contributed by atoms with Crippen molar-refractivity contribution in [2.24, 2.45) is 0 Å². The van der Waals surface area contributed by atoms with Crippen molar-refractivity contribution in [3.63, 3.8) is 0 Å². The molecule has 1 aromatic heterocycles. The third-order valence-corrected chi connectivity index (χ3v) is 3.50. The van der Waals surface area contributed by atoms with Crippen molar-refractivity contribution in [2.75, 3.05) is 26.2 Å². The molecule has 5 nitrogen and oxygen atoms in total. The van der Waals surface area contributed by atoms with Gasteiger partial charge in [0.25, 0.3) is 0 Å². The molecule has 118 valence electrons. The Kier molecular flexibility index (Phi) is 5.53. The minimum absolute atomic E-state index is 0.0633. The molecule has 0 spiro atoms. The lowest BCUT2D eigenvalue weighted by molar-refractivity contribution is -0.0116. The van der Waals surface area contributed by atoms with E-state index in [2.05, 4.69) is 42.6 Å². The monoisotopic (exact) mass is 293 g/mol. The molecule has 0 aromatic carbocycles. The Morgan fingerprint density at radius 2 is 2.10 bits per heavy atom. The highest BCUT2D eigenvalue weighted by Gasteiger charge is 2.24. The Bertz CT molecular complexity index is 428. The molecule has 1 aliphatic rings. The molecule has 1 unspecified atom stereocenters. The highest BCUT2D eigenvalue weighted by molar-refractivity contribution is 5.08. The van der Waals surface area contributed by atoms with Crippen molar-refractivity contribution in [1.29, 1.82) is 0 Å². The van der Waals surface area contributed by atoms with Crippen LogP contribution in [-0.2, 0) is 11.2 Å². The smallest absolute Gasteiger partial charge is 0.232 e. The van der Waals surface area contributed by atoms with Gasteiger partial charge >= 0.3 is 0 Å². The SMILES string of the molecule is CCc1cnc(OC2CCN(CCOC(C)(C)C)C2)cn1. The summed E-state index contributed by atoms with van der Waals surface area (Å²) in [5.74, 6) is 0.630. The number of rotatable bonds is 6. The zero-order valence-electron chi connectivity index (χ0n) is 13.6. The van der Waals surface area contributed by atoms with E-state index < -0.39 is 0 Å². The average Bonchev–Trinajstić information content (AvgIpc) is 2.86. The van der Waals surface area contributed by atoms with E-state index in [4.69, 9.17) is 9.47 Å². The predicted molar refractivity (Wildman–Crippen MR) is 82.6 cm³/mol. The summed E-state index contributed by atoms with van der Waals surface area (Å²) < 4.78 is 11.7. The van der Waals surface area contributed by atoms with Crippen molar-refractivity contribution in [3.8, 4) is 5.88 Å². The standard InChI is InChI=1S/C16H27N3O2/c1-5-13-10-18-15(11-17-13)21-14-6-7-19(12-14)8-9-20-16(2,3)4/h10-11,14H,5-9,12H2,1-4H3. The van der Waals surface area contributed by atoms with E-state index >= 15 is 0 Å². The first kappa shape index (κ1) is 16.2. The maximum absolute atomic E-state index is 5.90. The van der Waals surface area contributed by atoms with Gasteiger partial charge in [-0.1, -0.05) is 6.92 Å². The third-order valence-electron chi connectivity index (χ3n) is 3.50. The number of aryl methyl sites for hydroxylation is 1. The molecule has 0 amide bonds. The molecule has 1 aliphatic heterocycles. The van der Waals surface area contributed by atoms with Crippen LogP contribution in [0.2, 0.25) is 0 Å². The van der Waals surface area contributed by atoms with Crippen LogP contribution in [0.4, 0.5) is 0 Å². The Morgan fingerprint density at radius 3 is 2.71 bits per heavy atom. The maximum atomic E-state index is 5.90. The van der Waals surface area contributed by atoms with Gasteiger partial charge in [0.15, 0.2) is 0 Å². The van der Waals surface area contributed by atoms with Gasteiger partial charge in [0, 0.05) is 19.6 Å². The average molecular weight is 293 g/mol. The van der Waals surface area contributed by atoms with Crippen LogP contribution in [0.25, 0.3) is 0 Å². The lowest BCUT2D eigenvalue weighted by Crippen LogP contribution is -2.31. The van der Waals surface area contributed by atoms with Gasteiger partial charge in [-0.2, -0.15) is 0 Å². The van der Waals surface area contributed by atoms with Crippen molar-refractivity contribution < 1.29 is 9.47 Å². The van der Waals surface area contributed by atoms with Crippen LogP contribution in [0.15, 0.2) is 12.4 Å². The molecular weight excluding hydrogens is 266 g/mol. The number of hydrogen-bond donors (Lipinski definition) is 0. The quantitative estimate of drug-likeness (QED) is 0.805. The van der Waals surface area contributed by atoms with Crippen LogP contribution in [0, 0.1) is 0 Å². The van der Waals surface area contributed by atoms with E-state index in [-0.39, 0.29) is 11.7 Å². The Hall–Kier alpha value is -1.20. The second kappa shape index (κ2) is 7.18. The summed E-state index contributed by atoms with van der Waals surface area (Å²) in [5, 5.41) is 0. The first-order chi connectivity index (χ1) is 9.96. The third kappa shape index (κ3) is 5.59. The van der Waals surface area contributed by atoms with Crippen molar-refractivity contribution in [1.82, 2.24) is 14.9 Å². The molecule has 1 aromatic rings. The van der Waals surface area contributed by atoms with E-state index in [1.54, 1.807) is 12.4 Å². The first-order valence-electron chi connectivity index (χ1n) is 7.80. The van der Waals surface area contributed by atoms with Crippen LogP contribution < -0.4 is 4.74 Å². The number of likely N-dealkylation sites (tertiary alicyclic amines) is 1. The summed E-state index contributed by atoms with van der Waals surface area (Å²) in [6.07, 6.45) is 5.66. The summed E-state index contributed by atoms with van der Waals surface area (Å²) >= 11 is 0. The van der Waals surface area contributed by atoms with Gasteiger partial charge in [-0.05, 0) is 33.6 Å². The fourth-order valence-electron chi connectivity index (χ4n) is 2.33. The number of aromatic nitrogens is 2. The number of nitrogens with zero attached hydrogens (tertiary/aromatic N) is 3. The van der Waals surface area contributed by atoms with Crippen LogP contribution in [-0.4, -0.2) is 52.8 Å². The van der Waals surface area contributed by atoms with Crippen LogP contribution in [0.5, 0.6) is 5.88 Å². The van der Waals surface area contributed by atoms with Crippen LogP contribution in [0.1, 0.15) is 39.8 Å². The van der Waals surface area contributed by atoms with Crippen LogP contribution in [0.3, 0.4) is 0 Å². The Labute approximate surface area is 127 Å². The highest BCUT2D eigenvalue weighted by atomic mass is 16.5. The molecule has 2 rings (SSSR count). The van der Waals surface area contributed by atoms with Crippen molar-refractivity contribution in [3.05, 3.63) is 18.1 Å². The molecule has 1 atom stereocenters. The van der Waals surface area contributed by atoms with E-state index in [0.29, 0.717) is 5.88 Å². The van der Waals surface area contributed by atoms with Crippen molar-refractivity contribution >= 4 is 0 Å². The predicted octanol–water partition coefficient (Wildman–Crippen LogP) is 2.31. The summed E-state index contributed by atoms with van der Waals surface area (Å²) in [6.45, 7) is 12.0. The van der Waals surface area contributed by atoms with Gasteiger partial charge in [0.05, 0.1) is 30.3 Å². The molecule has 1 fully saturated rings. The summed E-state index contributed by atoms with van der Waals surface area (Å²) in [4.78, 5) is 11.0. The largest absolute Gasteiger partial charge is 0.472 e. The normalized spacial score (nSPS) is 19.9. The van der Waals surface area contributed by atoms with Crippen LogP contribution >= 0.6 is 0 Å². The zero-order valence-corrected chi connectivity index (χ0v) is 13.6. The maximum Gasteiger partial charge on any atom is 0.232 e. The second-order valence-corrected chi connectivity index (χ2v) is 6.49. The molecular formula is C16H27N3O2. The summed E-state index contributed by atoms with van der Waals surface area (Å²) in [7, 11) is 0. The lowest BCUT2D eigenvalue weighted by atomic mass is 10.2. The lowest BCUT2D eigenvalue weighted by Gasteiger charge is -2.22. The molecule has 5 heteroatoms. The molecule has 1 saturated heterocycles. The molecule has 0 radical (unpaired) electrons. The van der Waals surface area contributed by atoms with Gasteiger partial charge in [-0.15, -0.1) is 0 Å². The minimum Gasteiger partial charge on any atom is -0.472 e. The Balaban J connectivity index is 1.72. The fraction of sp³-hybridized carbons (Fsp3) is 0.750. The Morgan fingerprint density at radius 1 is 1.29 bits per heavy atom. The van der Waals surface area contributed by atoms with E-state index in [9.17, 15) is 0 Å². The molecule has 0 bridgehead atoms. The molecule has 2 heterocycles. The van der Waals surface area contributed by atoms with E-state index in [1.807, 2.05) is 0 Å². The van der Waals surface area contributed by atoms with Gasteiger partial charge in [-0.25, -0.2) is 4.98 Å². The van der Waals surface area contributed by atoms with E-state index in [1.165, 1.54) is 0 Å². The van der Waals surface area contributed by atoms with Crippen molar-refractivity contribution in [2.45, 2.75) is 52.2 Å². The first-order valence-corrected chi connectivity index (χ1v) is 7.80. The summed E-state index contributed by atoms with van der Waals surface area (Å²) in [6, 6.07) is 0. The highest BCUT2D eigenvalue weighted by Crippen LogP contribution is 2.16. The topological polar surface area (TPSA) is 47.5 Å². The fourth-order valence-corrected chi connectivity index (χ4v) is 2.33. The second-order valence-electron chi connectivity index (χ2n) is 6.49. The van der Waals surface area contributed by atoms with E-state index in [0.717, 1.165) is 44.8 Å². The number of ether oxygens (including phenoxy) is 2. The molecule has 21 heavy (non-hydrogen) atoms. The molecule has 0 aliphatic carbocycles. The van der Waals surface area contributed by atoms with Gasteiger partial charge in [0.1, 0.15) is 6.10 Å². The molecule has 0 saturated carbocycles. The molecule has 0 N–H and O–H groups in total. The van der Waals surface area contributed by atoms with Gasteiger partial charge < -0.3 is 9.47 Å². The van der Waals surface area contributed by atoms with Gasteiger partial charge in [0.2, 0.25) is 5.88 Å². The minimum atomic E-state index is -0.0633.